The van der Waals surface area contributed by atoms with Gasteiger partial charge in [-0.25, -0.2) is 0 Å². The third-order valence-electron chi connectivity index (χ3n) is 2.44. The van der Waals surface area contributed by atoms with Crippen LogP contribution in [0.3, 0.4) is 0 Å². The summed E-state index contributed by atoms with van der Waals surface area (Å²) < 4.78 is 0. The Morgan fingerprint density at radius 2 is 1.94 bits per heavy atom. The summed E-state index contributed by atoms with van der Waals surface area (Å²) in [5.41, 5.74) is 1.98. The van der Waals surface area contributed by atoms with Crippen LogP contribution in [0.25, 0.3) is 4.91 Å². The molecule has 1 rings (SSSR count). The first-order valence-corrected chi connectivity index (χ1v) is 6.81. The molecule has 0 spiro atoms. The third kappa shape index (κ3) is 3.60. The maximum atomic E-state index is 11.8. The van der Waals surface area contributed by atoms with E-state index in [1.54, 1.807) is 11.8 Å². The second-order valence-electron chi connectivity index (χ2n) is 3.53. The van der Waals surface area contributed by atoms with E-state index in [1.165, 1.54) is 6.08 Å². The number of carbonyl (C=O) groups excluding carboxylic acids is 1. The number of benzene rings is 1. The molecule has 0 fully saturated rings. The van der Waals surface area contributed by atoms with Crippen LogP contribution < -0.4 is 0 Å². The molecule has 1 nitrogen and oxygen atoms in total. The van der Waals surface area contributed by atoms with Crippen LogP contribution in [0.15, 0.2) is 48.6 Å². The zero-order valence-electron chi connectivity index (χ0n) is 10.4. The van der Waals surface area contributed by atoms with Crippen molar-refractivity contribution in [3.8, 4) is 0 Å². The van der Waals surface area contributed by atoms with Crippen LogP contribution in [0.4, 0.5) is 0 Å². The molecule has 0 unspecified atom stereocenters. The molecule has 0 bridgehead atoms. The van der Waals surface area contributed by atoms with Crippen molar-refractivity contribution in [1.29, 1.82) is 0 Å². The van der Waals surface area contributed by atoms with E-state index in [2.05, 4.69) is 13.5 Å². The van der Waals surface area contributed by atoms with Crippen LogP contribution in [0, 0.1) is 0 Å². The highest BCUT2D eigenvalue weighted by Gasteiger charge is 2.12. The Kier molecular flexibility index (Phi) is 5.78. The number of thioether (sulfide) groups is 1. The van der Waals surface area contributed by atoms with Gasteiger partial charge in [0.15, 0.2) is 5.78 Å². The average Bonchev–Trinajstić information content (AvgIpc) is 2.39. The topological polar surface area (TPSA) is 17.1 Å². The Balaban J connectivity index is 3.27. The third-order valence-corrected chi connectivity index (χ3v) is 3.49. The minimum Gasteiger partial charge on any atom is -0.290 e. The van der Waals surface area contributed by atoms with Crippen LogP contribution in [-0.4, -0.2) is 11.5 Å². The predicted molar refractivity (Wildman–Crippen MR) is 77.0 cm³/mol. The second-order valence-corrected chi connectivity index (χ2v) is 4.80. The number of rotatable bonds is 6. The van der Waals surface area contributed by atoms with E-state index in [9.17, 15) is 4.79 Å². The van der Waals surface area contributed by atoms with Gasteiger partial charge in [0.05, 0.1) is 0 Å². The van der Waals surface area contributed by atoms with Crippen molar-refractivity contribution >= 4 is 22.5 Å². The van der Waals surface area contributed by atoms with E-state index in [1.807, 2.05) is 37.3 Å². The van der Waals surface area contributed by atoms with Gasteiger partial charge in [-0.05, 0) is 23.8 Å². The van der Waals surface area contributed by atoms with Crippen LogP contribution in [0.1, 0.15) is 25.8 Å². The smallest absolute Gasteiger partial charge is 0.182 e. The van der Waals surface area contributed by atoms with Crippen molar-refractivity contribution in [2.45, 2.75) is 20.3 Å². The number of hydrogen-bond acceptors (Lipinski definition) is 2. The summed E-state index contributed by atoms with van der Waals surface area (Å²) in [6.45, 7) is 7.68. The summed E-state index contributed by atoms with van der Waals surface area (Å²) in [6, 6.07) is 10.1. The Labute approximate surface area is 108 Å². The largest absolute Gasteiger partial charge is 0.290 e. The van der Waals surface area contributed by atoms with Crippen LogP contribution in [0.5, 0.6) is 0 Å². The molecule has 90 valence electrons. The monoisotopic (exact) mass is 246 g/mol. The summed E-state index contributed by atoms with van der Waals surface area (Å²) in [6.07, 6.45) is 2.14. The molecule has 0 heterocycles. The average molecular weight is 246 g/mol. The molecule has 0 aliphatic rings. The van der Waals surface area contributed by atoms with E-state index in [4.69, 9.17) is 0 Å². The lowest BCUT2D eigenvalue weighted by Crippen LogP contribution is -2.00. The standard InChI is InChI=1S/C15H18OS/c1-4-13(14(16)5-2)15(17-6-3)12-10-8-7-9-11-12/h5,7-11H,2,4,6H2,1,3H3. The molecular weight excluding hydrogens is 228 g/mol. The minimum absolute atomic E-state index is 0.0345. The van der Waals surface area contributed by atoms with Crippen molar-refractivity contribution in [2.75, 3.05) is 5.75 Å². The van der Waals surface area contributed by atoms with Gasteiger partial charge < -0.3 is 0 Å². The molecular formula is C15H18OS. The first kappa shape index (κ1) is 13.8. The maximum absolute atomic E-state index is 11.8. The van der Waals surface area contributed by atoms with Crippen LogP contribution in [0.2, 0.25) is 0 Å². The normalized spacial score (nSPS) is 11.9. The van der Waals surface area contributed by atoms with Gasteiger partial charge in [0.25, 0.3) is 0 Å². The van der Waals surface area contributed by atoms with Gasteiger partial charge in [-0.1, -0.05) is 50.8 Å². The summed E-state index contributed by atoms with van der Waals surface area (Å²) in [7, 11) is 0. The lowest BCUT2D eigenvalue weighted by Gasteiger charge is -2.11. The highest BCUT2D eigenvalue weighted by molar-refractivity contribution is 8.08. The van der Waals surface area contributed by atoms with Crippen molar-refractivity contribution in [1.82, 2.24) is 0 Å². The Morgan fingerprint density at radius 1 is 1.29 bits per heavy atom. The molecule has 1 aromatic carbocycles. The highest BCUT2D eigenvalue weighted by atomic mass is 32.2. The van der Waals surface area contributed by atoms with Gasteiger partial charge in [-0.15, -0.1) is 11.8 Å². The fourth-order valence-electron chi connectivity index (χ4n) is 1.65. The van der Waals surface area contributed by atoms with Gasteiger partial charge in [-0.2, -0.15) is 0 Å². The molecule has 0 aromatic heterocycles. The first-order valence-electron chi connectivity index (χ1n) is 5.82. The van der Waals surface area contributed by atoms with Crippen LogP contribution >= 0.6 is 11.8 Å². The van der Waals surface area contributed by atoms with Gasteiger partial charge in [0, 0.05) is 10.5 Å². The van der Waals surface area contributed by atoms with Gasteiger partial charge in [0.1, 0.15) is 0 Å². The first-order chi connectivity index (χ1) is 8.24. The summed E-state index contributed by atoms with van der Waals surface area (Å²) in [5, 5.41) is 0. The molecule has 0 amide bonds. The Bertz CT molecular complexity index is 418. The number of carbonyl (C=O) groups is 1. The van der Waals surface area contributed by atoms with E-state index in [-0.39, 0.29) is 5.78 Å². The Hall–Kier alpha value is -1.28. The van der Waals surface area contributed by atoms with Gasteiger partial charge in [-0.3, -0.25) is 4.79 Å². The molecule has 17 heavy (non-hydrogen) atoms. The number of hydrogen-bond donors (Lipinski definition) is 0. The zero-order chi connectivity index (χ0) is 12.7. The van der Waals surface area contributed by atoms with Crippen molar-refractivity contribution < 1.29 is 4.79 Å². The van der Waals surface area contributed by atoms with Gasteiger partial charge >= 0.3 is 0 Å². The number of allylic oxidation sites excluding steroid dienone is 2. The molecule has 0 atom stereocenters. The quantitative estimate of drug-likeness (QED) is 0.695. The lowest BCUT2D eigenvalue weighted by molar-refractivity contribution is -0.111. The molecule has 0 aliphatic heterocycles. The van der Waals surface area contributed by atoms with E-state index < -0.39 is 0 Å². The maximum Gasteiger partial charge on any atom is 0.182 e. The molecule has 0 saturated carbocycles. The second kappa shape index (κ2) is 7.13. The molecule has 0 aliphatic carbocycles. The molecule has 1 aromatic rings. The SMILES string of the molecule is C=CC(=O)C(CC)=C(SCC)c1ccccc1. The molecule has 0 N–H and O–H groups in total. The summed E-state index contributed by atoms with van der Waals surface area (Å²) >= 11 is 1.72. The Morgan fingerprint density at radius 3 is 2.41 bits per heavy atom. The summed E-state index contributed by atoms with van der Waals surface area (Å²) in [4.78, 5) is 12.9. The van der Waals surface area contributed by atoms with Crippen molar-refractivity contribution in [2.24, 2.45) is 0 Å². The fourth-order valence-corrected chi connectivity index (χ4v) is 2.66. The molecule has 0 saturated heterocycles. The summed E-state index contributed by atoms with van der Waals surface area (Å²) in [5.74, 6) is 0.991. The fraction of sp³-hybridized carbons (Fsp3) is 0.267. The van der Waals surface area contributed by atoms with Crippen LogP contribution in [-0.2, 0) is 4.79 Å². The van der Waals surface area contributed by atoms with E-state index in [0.717, 1.165) is 28.2 Å². The minimum atomic E-state index is 0.0345. The highest BCUT2D eigenvalue weighted by Crippen LogP contribution is 2.32. The predicted octanol–water partition coefficient (Wildman–Crippen LogP) is 4.32. The zero-order valence-corrected chi connectivity index (χ0v) is 11.2. The molecule has 0 radical (unpaired) electrons. The van der Waals surface area contributed by atoms with Crippen molar-refractivity contribution in [3.05, 3.63) is 54.1 Å². The number of ketones is 1. The van der Waals surface area contributed by atoms with Crippen molar-refractivity contribution in [3.63, 3.8) is 0 Å². The van der Waals surface area contributed by atoms with Gasteiger partial charge in [0.2, 0.25) is 0 Å². The lowest BCUT2D eigenvalue weighted by atomic mass is 10.0. The van der Waals surface area contributed by atoms with E-state index >= 15 is 0 Å². The molecule has 2 heteroatoms. The van der Waals surface area contributed by atoms with E-state index in [0.29, 0.717) is 0 Å².